The fourth-order valence-electron chi connectivity index (χ4n) is 3.38. The highest BCUT2D eigenvalue weighted by atomic mass is 35.5. The third-order valence-electron chi connectivity index (χ3n) is 4.91. The van der Waals surface area contributed by atoms with Crippen LogP contribution in [0.4, 0.5) is 4.79 Å². The first kappa shape index (κ1) is 18.5. The number of nitrogens with zero attached hydrogens (tertiary/aromatic N) is 3. The fraction of sp³-hybridized carbons (Fsp3) is 0.529. The molecule has 0 aromatic heterocycles. The van der Waals surface area contributed by atoms with Crippen molar-refractivity contribution in [2.45, 2.75) is 24.9 Å². The van der Waals surface area contributed by atoms with E-state index in [1.807, 2.05) is 25.1 Å². The van der Waals surface area contributed by atoms with Gasteiger partial charge in [-0.25, -0.2) is 9.69 Å². The maximum Gasteiger partial charge on any atom is 0.326 e. The van der Waals surface area contributed by atoms with Crippen LogP contribution in [0.1, 0.15) is 18.4 Å². The summed E-state index contributed by atoms with van der Waals surface area (Å²) in [5.74, 6) is -0.119. The monoisotopic (exact) mass is 384 g/mol. The van der Waals surface area contributed by atoms with E-state index in [1.165, 1.54) is 4.90 Å². The molecule has 2 heterocycles. The van der Waals surface area contributed by atoms with E-state index in [1.54, 1.807) is 12.1 Å². The molecule has 0 aliphatic carbocycles. The molecular weight excluding hydrogens is 363 g/mol. The number of hydrogen-bond acceptors (Lipinski definition) is 4. The number of amides is 3. The Morgan fingerprint density at radius 1 is 1.20 bits per heavy atom. The fourth-order valence-corrected chi connectivity index (χ4v) is 3.71. The van der Waals surface area contributed by atoms with E-state index in [-0.39, 0.29) is 18.6 Å². The average molecular weight is 385 g/mol. The Balaban J connectivity index is 1.64. The number of carbonyl (C=O) groups excluding carboxylic acids is 2. The quantitative estimate of drug-likeness (QED) is 0.809. The maximum atomic E-state index is 12.8. The standard InChI is InChI=1S/C17H22Cl2N4O2/c1-21-7-5-17(6-8-21)15(24)23(16(25)20-17)11-22(2)10-12-3-4-13(18)14(19)9-12/h3-4,9H,5-8,10-11H2,1-2H3,(H,20,25). The molecule has 0 saturated carbocycles. The maximum absolute atomic E-state index is 12.8. The minimum absolute atomic E-state index is 0.119. The third kappa shape index (κ3) is 3.77. The van der Waals surface area contributed by atoms with Crippen molar-refractivity contribution in [3.63, 3.8) is 0 Å². The molecule has 2 fully saturated rings. The molecule has 3 rings (SSSR count). The summed E-state index contributed by atoms with van der Waals surface area (Å²) in [5.41, 5.74) is 0.242. The minimum Gasteiger partial charge on any atom is -0.323 e. The topological polar surface area (TPSA) is 55.9 Å². The number of benzene rings is 1. The van der Waals surface area contributed by atoms with Crippen LogP contribution < -0.4 is 5.32 Å². The summed E-state index contributed by atoms with van der Waals surface area (Å²) in [4.78, 5) is 30.6. The molecule has 2 aliphatic rings. The third-order valence-corrected chi connectivity index (χ3v) is 5.64. The number of urea groups is 1. The Kier molecular flexibility index (Phi) is 5.25. The molecule has 0 radical (unpaired) electrons. The molecule has 8 heteroatoms. The van der Waals surface area contributed by atoms with E-state index in [2.05, 4.69) is 10.2 Å². The molecule has 2 saturated heterocycles. The molecule has 3 amide bonds. The van der Waals surface area contributed by atoms with E-state index in [0.717, 1.165) is 18.7 Å². The Bertz CT molecular complexity index is 689. The van der Waals surface area contributed by atoms with E-state index < -0.39 is 5.54 Å². The van der Waals surface area contributed by atoms with Gasteiger partial charge in [-0.05, 0) is 44.6 Å². The van der Waals surface area contributed by atoms with Gasteiger partial charge in [-0.2, -0.15) is 0 Å². The van der Waals surface area contributed by atoms with Crippen LogP contribution in [0.25, 0.3) is 0 Å². The predicted molar refractivity (Wildman–Crippen MR) is 97.6 cm³/mol. The summed E-state index contributed by atoms with van der Waals surface area (Å²) in [5, 5.41) is 3.92. The van der Waals surface area contributed by atoms with Gasteiger partial charge < -0.3 is 10.2 Å². The Labute approximate surface area is 157 Å². The first-order valence-electron chi connectivity index (χ1n) is 8.26. The number of nitrogens with one attached hydrogen (secondary N) is 1. The van der Waals surface area contributed by atoms with E-state index in [4.69, 9.17) is 23.2 Å². The molecule has 2 aliphatic heterocycles. The highest BCUT2D eigenvalue weighted by Crippen LogP contribution is 2.29. The van der Waals surface area contributed by atoms with Crippen molar-refractivity contribution in [2.75, 3.05) is 33.9 Å². The summed E-state index contributed by atoms with van der Waals surface area (Å²) < 4.78 is 0. The van der Waals surface area contributed by atoms with E-state index >= 15 is 0 Å². The molecule has 136 valence electrons. The molecule has 1 aromatic carbocycles. The molecule has 0 atom stereocenters. The molecule has 6 nitrogen and oxygen atoms in total. The van der Waals surface area contributed by atoms with Crippen LogP contribution in [0.5, 0.6) is 0 Å². The highest BCUT2D eigenvalue weighted by Gasteiger charge is 2.52. The lowest BCUT2D eigenvalue weighted by molar-refractivity contribution is -0.134. The molecule has 0 bridgehead atoms. The number of likely N-dealkylation sites (tertiary alicyclic amines) is 1. The SMILES string of the molecule is CN1CCC2(CC1)NC(=O)N(CN(C)Cc1ccc(Cl)c(Cl)c1)C2=O. The molecule has 1 N–H and O–H groups in total. The first-order valence-corrected chi connectivity index (χ1v) is 9.01. The lowest BCUT2D eigenvalue weighted by Gasteiger charge is -2.35. The smallest absolute Gasteiger partial charge is 0.323 e. The molecule has 25 heavy (non-hydrogen) atoms. The zero-order valence-electron chi connectivity index (χ0n) is 14.4. The normalized spacial score (nSPS) is 20.6. The highest BCUT2D eigenvalue weighted by molar-refractivity contribution is 6.42. The van der Waals surface area contributed by atoms with Crippen LogP contribution in [0.2, 0.25) is 10.0 Å². The van der Waals surface area contributed by atoms with Gasteiger partial charge in [0.1, 0.15) is 5.54 Å². The first-order chi connectivity index (χ1) is 11.8. The van der Waals surface area contributed by atoms with Crippen LogP contribution in [0.15, 0.2) is 18.2 Å². The summed E-state index contributed by atoms with van der Waals surface area (Å²) in [6, 6.07) is 5.11. The van der Waals surface area contributed by atoms with Crippen LogP contribution in [0, 0.1) is 0 Å². The van der Waals surface area contributed by atoms with Crippen LogP contribution in [-0.4, -0.2) is 66.0 Å². The van der Waals surface area contributed by atoms with Crippen molar-refractivity contribution in [3.8, 4) is 0 Å². The van der Waals surface area contributed by atoms with Crippen molar-refractivity contribution in [1.29, 1.82) is 0 Å². The van der Waals surface area contributed by atoms with Crippen LogP contribution in [0.3, 0.4) is 0 Å². The van der Waals surface area contributed by atoms with Gasteiger partial charge in [0.15, 0.2) is 0 Å². The Morgan fingerprint density at radius 2 is 1.88 bits per heavy atom. The number of halogens is 2. The molecule has 1 spiro atoms. The van der Waals surface area contributed by atoms with Crippen LogP contribution in [-0.2, 0) is 11.3 Å². The van der Waals surface area contributed by atoms with Gasteiger partial charge in [0.05, 0.1) is 16.7 Å². The van der Waals surface area contributed by atoms with Crippen LogP contribution >= 0.6 is 23.2 Å². The molecular formula is C17H22Cl2N4O2. The summed E-state index contributed by atoms with van der Waals surface area (Å²) in [6.07, 6.45) is 1.31. The predicted octanol–water partition coefficient (Wildman–Crippen LogP) is 2.40. The second-order valence-electron chi connectivity index (χ2n) is 6.95. The van der Waals surface area contributed by atoms with Gasteiger partial charge in [-0.1, -0.05) is 29.3 Å². The summed E-state index contributed by atoms with van der Waals surface area (Å²) in [7, 11) is 3.89. The zero-order chi connectivity index (χ0) is 18.2. The lowest BCUT2D eigenvalue weighted by Crippen LogP contribution is -2.54. The molecule has 0 unspecified atom stereocenters. The Morgan fingerprint density at radius 3 is 2.52 bits per heavy atom. The lowest BCUT2D eigenvalue weighted by atomic mass is 9.88. The number of piperidine rings is 1. The van der Waals surface area contributed by atoms with Crippen molar-refractivity contribution in [1.82, 2.24) is 20.0 Å². The number of hydrogen-bond donors (Lipinski definition) is 1. The van der Waals surface area contributed by atoms with E-state index in [9.17, 15) is 9.59 Å². The number of rotatable bonds is 4. The average Bonchev–Trinajstić information content (AvgIpc) is 2.78. The summed E-state index contributed by atoms with van der Waals surface area (Å²) in [6.45, 7) is 2.41. The van der Waals surface area contributed by atoms with Gasteiger partial charge in [0.2, 0.25) is 0 Å². The van der Waals surface area contributed by atoms with Gasteiger partial charge in [-0.15, -0.1) is 0 Å². The van der Waals surface area contributed by atoms with Crippen molar-refractivity contribution >= 4 is 35.1 Å². The summed E-state index contributed by atoms with van der Waals surface area (Å²) >= 11 is 12.0. The van der Waals surface area contributed by atoms with Gasteiger partial charge >= 0.3 is 6.03 Å². The van der Waals surface area contributed by atoms with Gasteiger partial charge in [-0.3, -0.25) is 9.69 Å². The number of carbonyl (C=O) groups is 2. The Hall–Kier alpha value is -1.34. The second-order valence-corrected chi connectivity index (χ2v) is 7.77. The zero-order valence-corrected chi connectivity index (χ0v) is 15.9. The largest absolute Gasteiger partial charge is 0.326 e. The van der Waals surface area contributed by atoms with Gasteiger partial charge in [0.25, 0.3) is 5.91 Å². The van der Waals surface area contributed by atoms with Crippen molar-refractivity contribution < 1.29 is 9.59 Å². The second kappa shape index (κ2) is 7.11. The van der Waals surface area contributed by atoms with E-state index in [0.29, 0.717) is 29.4 Å². The van der Waals surface area contributed by atoms with Crippen molar-refractivity contribution in [2.24, 2.45) is 0 Å². The minimum atomic E-state index is -0.728. The number of imide groups is 1. The van der Waals surface area contributed by atoms with Gasteiger partial charge in [0, 0.05) is 19.6 Å². The molecule has 1 aromatic rings. The van der Waals surface area contributed by atoms with Crippen molar-refractivity contribution in [3.05, 3.63) is 33.8 Å².